The quantitative estimate of drug-likeness (QED) is 0.563. The fraction of sp³-hybridized carbons (Fsp3) is 0.0588. The molecule has 2 aromatic heterocycles. The van der Waals surface area contributed by atoms with Crippen LogP contribution in [0.2, 0.25) is 5.02 Å². The Morgan fingerprint density at radius 2 is 1.92 bits per heavy atom. The summed E-state index contributed by atoms with van der Waals surface area (Å²) in [6.45, 7) is 0.125. The Hall–Kier alpha value is -2.97. The topological polar surface area (TPSA) is 92.4 Å². The van der Waals surface area contributed by atoms with Gasteiger partial charge in [-0.05, 0) is 18.2 Å². The predicted octanol–water partition coefficient (Wildman–Crippen LogP) is 3.14. The van der Waals surface area contributed by atoms with Crippen molar-refractivity contribution in [1.29, 1.82) is 0 Å². The molecule has 26 heavy (non-hydrogen) atoms. The lowest BCUT2D eigenvalue weighted by Crippen LogP contribution is -2.24. The minimum absolute atomic E-state index is 0.0777. The van der Waals surface area contributed by atoms with E-state index in [1.54, 1.807) is 28.8 Å². The molecular weight excluding hydrogens is 374 g/mol. The predicted molar refractivity (Wildman–Crippen MR) is 98.4 cm³/mol. The number of aromatic hydroxyl groups is 1. The van der Waals surface area contributed by atoms with Crippen LogP contribution in [0.1, 0.15) is 16.2 Å². The Morgan fingerprint density at radius 3 is 2.73 bits per heavy atom. The second-order valence-corrected chi connectivity index (χ2v) is 6.76. The zero-order valence-electron chi connectivity index (χ0n) is 13.3. The average molecular weight is 386 g/mol. The lowest BCUT2D eigenvalue weighted by atomic mass is 10.2. The molecule has 4 aromatic rings. The number of halogens is 1. The van der Waals surface area contributed by atoms with Crippen LogP contribution in [-0.4, -0.2) is 30.8 Å². The van der Waals surface area contributed by atoms with Gasteiger partial charge in [0.1, 0.15) is 10.8 Å². The van der Waals surface area contributed by atoms with Gasteiger partial charge in [-0.3, -0.25) is 4.79 Å². The lowest BCUT2D eigenvalue weighted by Gasteiger charge is -2.05. The number of carbonyl (C=O) groups is 1. The molecule has 130 valence electrons. The number of rotatable bonds is 4. The third kappa shape index (κ3) is 3.00. The van der Waals surface area contributed by atoms with Gasteiger partial charge in [0, 0.05) is 5.56 Å². The van der Waals surface area contributed by atoms with Crippen LogP contribution in [-0.2, 0) is 6.54 Å². The summed E-state index contributed by atoms with van der Waals surface area (Å²) < 4.78 is 1.58. The highest BCUT2D eigenvalue weighted by molar-refractivity contribution is 7.19. The van der Waals surface area contributed by atoms with Gasteiger partial charge in [0.25, 0.3) is 5.91 Å². The van der Waals surface area contributed by atoms with Crippen LogP contribution < -0.4 is 5.32 Å². The fourth-order valence-electron chi connectivity index (χ4n) is 2.43. The number of aromatic nitrogens is 4. The van der Waals surface area contributed by atoms with Crippen LogP contribution in [0, 0.1) is 0 Å². The minimum atomic E-state index is -0.401. The average Bonchev–Trinajstić information content (AvgIpc) is 3.21. The van der Waals surface area contributed by atoms with Crippen molar-refractivity contribution in [2.75, 3.05) is 0 Å². The molecule has 2 heterocycles. The summed E-state index contributed by atoms with van der Waals surface area (Å²) in [6.07, 6.45) is 0. The van der Waals surface area contributed by atoms with Crippen molar-refractivity contribution in [3.05, 3.63) is 64.9 Å². The Morgan fingerprint density at radius 1 is 1.15 bits per heavy atom. The Kier molecular flexibility index (Phi) is 4.27. The molecule has 9 heteroatoms. The van der Waals surface area contributed by atoms with E-state index in [1.165, 1.54) is 17.4 Å². The molecule has 0 saturated heterocycles. The van der Waals surface area contributed by atoms with Gasteiger partial charge in [0.2, 0.25) is 4.96 Å². The van der Waals surface area contributed by atoms with Crippen molar-refractivity contribution in [2.45, 2.75) is 6.54 Å². The maximum Gasteiger partial charge on any atom is 0.255 e. The van der Waals surface area contributed by atoms with E-state index in [2.05, 4.69) is 20.6 Å². The van der Waals surface area contributed by atoms with Gasteiger partial charge in [-0.1, -0.05) is 53.3 Å². The molecule has 7 nitrogen and oxygen atoms in total. The molecule has 4 rings (SSSR count). The van der Waals surface area contributed by atoms with Crippen molar-refractivity contribution in [3.8, 4) is 16.3 Å². The number of para-hydroxylation sites is 1. The Balaban J connectivity index is 1.57. The van der Waals surface area contributed by atoms with E-state index in [-0.39, 0.29) is 17.9 Å². The molecule has 1 amide bonds. The molecule has 0 atom stereocenters. The van der Waals surface area contributed by atoms with E-state index in [4.69, 9.17) is 11.6 Å². The zero-order valence-corrected chi connectivity index (χ0v) is 14.8. The van der Waals surface area contributed by atoms with Gasteiger partial charge in [-0.25, -0.2) is 0 Å². The molecule has 0 aliphatic heterocycles. The number of hydrogen-bond acceptors (Lipinski definition) is 6. The molecule has 2 N–H and O–H groups in total. The van der Waals surface area contributed by atoms with Crippen LogP contribution in [0.4, 0.5) is 0 Å². The first-order chi connectivity index (χ1) is 12.6. The largest absolute Gasteiger partial charge is 0.507 e. The van der Waals surface area contributed by atoms with E-state index in [1.807, 2.05) is 18.2 Å². The molecule has 0 spiro atoms. The highest BCUT2D eigenvalue weighted by Crippen LogP contribution is 2.31. The number of benzene rings is 2. The minimum Gasteiger partial charge on any atom is -0.507 e. The van der Waals surface area contributed by atoms with E-state index in [0.29, 0.717) is 20.8 Å². The van der Waals surface area contributed by atoms with Crippen molar-refractivity contribution in [3.63, 3.8) is 0 Å². The number of nitrogens with one attached hydrogen (secondary N) is 1. The Bertz CT molecular complexity index is 1110. The first-order valence-corrected chi connectivity index (χ1v) is 8.85. The summed E-state index contributed by atoms with van der Waals surface area (Å²) in [5.41, 5.74) is 1.01. The van der Waals surface area contributed by atoms with Crippen molar-refractivity contribution in [2.24, 2.45) is 0 Å². The summed E-state index contributed by atoms with van der Waals surface area (Å²) in [7, 11) is 0. The van der Waals surface area contributed by atoms with Gasteiger partial charge >= 0.3 is 0 Å². The first-order valence-electron chi connectivity index (χ1n) is 7.65. The van der Waals surface area contributed by atoms with Gasteiger partial charge in [0.15, 0.2) is 5.82 Å². The summed E-state index contributed by atoms with van der Waals surface area (Å²) in [6, 6.07) is 13.8. The van der Waals surface area contributed by atoms with Crippen molar-refractivity contribution in [1.82, 2.24) is 25.1 Å². The molecule has 0 aliphatic rings. The molecule has 0 unspecified atom stereocenters. The normalized spacial score (nSPS) is 11.0. The summed E-state index contributed by atoms with van der Waals surface area (Å²) in [5.74, 6) is 0.00536. The van der Waals surface area contributed by atoms with Gasteiger partial charge in [-0.15, -0.1) is 10.2 Å². The summed E-state index contributed by atoms with van der Waals surface area (Å²) >= 11 is 7.58. The van der Waals surface area contributed by atoms with E-state index >= 15 is 0 Å². The number of phenols is 1. The molecule has 0 aliphatic carbocycles. The van der Waals surface area contributed by atoms with E-state index in [9.17, 15) is 9.90 Å². The zero-order chi connectivity index (χ0) is 18.1. The first kappa shape index (κ1) is 16.5. The SMILES string of the molecule is O=C(NCc1nnc2sc(-c3ccccc3Cl)nn12)c1ccccc1O. The third-order valence-corrected chi connectivity index (χ3v) is 4.98. The van der Waals surface area contributed by atoms with Gasteiger partial charge in [-0.2, -0.15) is 9.61 Å². The van der Waals surface area contributed by atoms with Gasteiger partial charge in [0.05, 0.1) is 17.1 Å². The maximum absolute atomic E-state index is 12.2. The molecular formula is C17H12ClN5O2S. The maximum atomic E-state index is 12.2. The van der Waals surface area contributed by atoms with E-state index in [0.717, 1.165) is 5.56 Å². The standard InChI is InChI=1S/C17H12ClN5O2S/c18-12-7-3-1-5-10(12)16-22-23-14(20-21-17(23)26-16)9-19-15(25)11-6-2-4-8-13(11)24/h1-8,24H,9H2,(H,19,25). The number of nitrogens with zero attached hydrogens (tertiary/aromatic N) is 4. The molecule has 0 saturated carbocycles. The fourth-order valence-corrected chi connectivity index (χ4v) is 3.61. The smallest absolute Gasteiger partial charge is 0.255 e. The summed E-state index contributed by atoms with van der Waals surface area (Å²) in [5, 5.41) is 26.4. The van der Waals surface area contributed by atoms with E-state index < -0.39 is 5.91 Å². The second kappa shape index (κ2) is 6.74. The number of hydrogen-bond donors (Lipinski definition) is 2. The number of phenolic OH excluding ortho intramolecular Hbond substituents is 1. The molecule has 0 radical (unpaired) electrons. The number of fused-ring (bicyclic) bond motifs is 1. The molecule has 0 fully saturated rings. The highest BCUT2D eigenvalue weighted by Gasteiger charge is 2.16. The second-order valence-electron chi connectivity index (χ2n) is 5.40. The monoisotopic (exact) mass is 385 g/mol. The lowest BCUT2D eigenvalue weighted by molar-refractivity contribution is 0.0947. The van der Waals surface area contributed by atoms with Crippen molar-refractivity contribution >= 4 is 33.8 Å². The Labute approximate surface area is 156 Å². The number of carbonyl (C=O) groups excluding carboxylic acids is 1. The van der Waals surface area contributed by atoms with Gasteiger partial charge < -0.3 is 10.4 Å². The molecule has 2 aromatic carbocycles. The van der Waals surface area contributed by atoms with Crippen molar-refractivity contribution < 1.29 is 9.90 Å². The van der Waals surface area contributed by atoms with Crippen LogP contribution in [0.3, 0.4) is 0 Å². The van der Waals surface area contributed by atoms with Crippen LogP contribution in [0.5, 0.6) is 5.75 Å². The molecule has 0 bridgehead atoms. The van der Waals surface area contributed by atoms with Crippen LogP contribution in [0.15, 0.2) is 48.5 Å². The van der Waals surface area contributed by atoms with Crippen LogP contribution in [0.25, 0.3) is 15.5 Å². The van der Waals surface area contributed by atoms with Crippen LogP contribution >= 0.6 is 22.9 Å². The third-order valence-electron chi connectivity index (χ3n) is 3.72. The highest BCUT2D eigenvalue weighted by atomic mass is 35.5. The number of amides is 1. The summed E-state index contributed by atoms with van der Waals surface area (Å²) in [4.78, 5) is 12.8.